The van der Waals surface area contributed by atoms with E-state index >= 15 is 0 Å². The number of nitrogens with one attached hydrogen (secondary N) is 1. The van der Waals surface area contributed by atoms with Crippen LogP contribution in [0.4, 0.5) is 0 Å². The summed E-state index contributed by atoms with van der Waals surface area (Å²) in [5.74, 6) is 1.10. The summed E-state index contributed by atoms with van der Waals surface area (Å²) >= 11 is 0. The maximum absolute atomic E-state index is 11.2. The van der Waals surface area contributed by atoms with E-state index in [0.29, 0.717) is 11.5 Å². The second kappa shape index (κ2) is 6.49. The Labute approximate surface area is 87.3 Å². The smallest absolute Gasteiger partial charge is 0.0582 e. The molecule has 0 saturated carbocycles. The van der Waals surface area contributed by atoms with Crippen LogP contribution in [0, 0.1) is 5.41 Å². The molecule has 0 amide bonds. The Morgan fingerprint density at radius 1 is 1.29 bits per heavy atom. The largest absolute Gasteiger partial charge is 0.312 e. The highest BCUT2D eigenvalue weighted by Crippen LogP contribution is 2.02. The van der Waals surface area contributed by atoms with Crippen LogP contribution in [0.25, 0.3) is 0 Å². The molecule has 2 nitrogen and oxygen atoms in total. The van der Waals surface area contributed by atoms with Crippen LogP contribution in [0.5, 0.6) is 0 Å². The summed E-state index contributed by atoms with van der Waals surface area (Å²) in [6.45, 7) is 0. The van der Waals surface area contributed by atoms with Gasteiger partial charge in [-0.25, -0.2) is 0 Å². The van der Waals surface area contributed by atoms with Gasteiger partial charge < -0.3 is 5.41 Å². The van der Waals surface area contributed by atoms with Gasteiger partial charge in [0.2, 0.25) is 0 Å². The number of rotatable bonds is 6. The molecule has 3 heteroatoms. The van der Waals surface area contributed by atoms with Crippen molar-refractivity contribution in [1.29, 1.82) is 5.41 Å². The van der Waals surface area contributed by atoms with Crippen molar-refractivity contribution in [3.63, 3.8) is 0 Å². The Morgan fingerprint density at radius 2 is 2.00 bits per heavy atom. The van der Waals surface area contributed by atoms with Crippen LogP contribution in [0.1, 0.15) is 12.0 Å². The fraction of sp³-hybridized carbons (Fsp3) is 0.364. The average Bonchev–Trinajstić information content (AvgIpc) is 2.20. The van der Waals surface area contributed by atoms with Gasteiger partial charge in [-0.1, -0.05) is 30.3 Å². The Bertz CT molecular complexity index is 297. The second-order valence-electron chi connectivity index (χ2n) is 3.10. The summed E-state index contributed by atoms with van der Waals surface area (Å²) in [4.78, 5) is 0. The molecular formula is C11H15NOS. The van der Waals surface area contributed by atoms with Crippen molar-refractivity contribution in [2.24, 2.45) is 0 Å². The van der Waals surface area contributed by atoms with Gasteiger partial charge in [0.15, 0.2) is 0 Å². The minimum absolute atomic E-state index is 0.398. The molecule has 0 spiro atoms. The normalized spacial score (nSPS) is 12.3. The summed E-state index contributed by atoms with van der Waals surface area (Å²) in [7, 11) is -0.837. The van der Waals surface area contributed by atoms with Crippen molar-refractivity contribution in [2.45, 2.75) is 12.8 Å². The molecule has 0 aliphatic rings. The first-order chi connectivity index (χ1) is 6.83. The van der Waals surface area contributed by atoms with E-state index in [9.17, 15) is 4.21 Å². The fourth-order valence-corrected chi connectivity index (χ4v) is 2.08. The van der Waals surface area contributed by atoms with E-state index in [0.717, 1.165) is 12.8 Å². The van der Waals surface area contributed by atoms with Crippen LogP contribution in [0.2, 0.25) is 0 Å². The lowest BCUT2D eigenvalue weighted by Gasteiger charge is -2.00. The van der Waals surface area contributed by atoms with Crippen molar-refractivity contribution in [3.8, 4) is 0 Å². The summed E-state index contributed by atoms with van der Waals surface area (Å²) in [5.41, 5.74) is 1.29. The van der Waals surface area contributed by atoms with Gasteiger partial charge in [-0.3, -0.25) is 4.21 Å². The minimum atomic E-state index is -0.837. The molecule has 0 heterocycles. The highest BCUT2D eigenvalue weighted by molar-refractivity contribution is 7.85. The average molecular weight is 209 g/mol. The van der Waals surface area contributed by atoms with Crippen molar-refractivity contribution in [3.05, 3.63) is 35.9 Å². The number of hydrogen-bond donors (Lipinski definition) is 1. The molecule has 1 unspecified atom stereocenters. The molecule has 0 radical (unpaired) electrons. The molecule has 0 aliphatic carbocycles. The monoisotopic (exact) mass is 209 g/mol. The molecule has 0 bridgehead atoms. The molecule has 1 atom stereocenters. The highest BCUT2D eigenvalue weighted by atomic mass is 32.2. The maximum atomic E-state index is 11.2. The van der Waals surface area contributed by atoms with Gasteiger partial charge >= 0.3 is 0 Å². The standard InChI is InChI=1S/C11H15NOS/c12-8-10-14(13)9-4-7-11-5-2-1-3-6-11/h1-3,5-6,8,12H,4,7,9-10H2. The third-order valence-electron chi connectivity index (χ3n) is 1.95. The van der Waals surface area contributed by atoms with E-state index in [1.807, 2.05) is 18.2 Å². The number of aryl methyl sites for hydroxylation is 1. The minimum Gasteiger partial charge on any atom is -0.312 e. The molecule has 0 aromatic heterocycles. The SMILES string of the molecule is N=CCS(=O)CCCc1ccccc1. The Morgan fingerprint density at radius 3 is 2.64 bits per heavy atom. The van der Waals surface area contributed by atoms with E-state index in [-0.39, 0.29) is 0 Å². The fourth-order valence-electron chi connectivity index (χ4n) is 1.26. The first kappa shape index (κ1) is 11.1. The lowest BCUT2D eigenvalue weighted by Crippen LogP contribution is -2.04. The van der Waals surface area contributed by atoms with Gasteiger partial charge in [0, 0.05) is 22.8 Å². The lowest BCUT2D eigenvalue weighted by atomic mass is 10.1. The molecule has 0 aliphatic heterocycles. The molecule has 76 valence electrons. The molecule has 1 aromatic rings. The van der Waals surface area contributed by atoms with Gasteiger partial charge in [-0.05, 0) is 18.4 Å². The van der Waals surface area contributed by atoms with Crippen molar-refractivity contribution < 1.29 is 4.21 Å². The Hall–Kier alpha value is -0.960. The summed E-state index contributed by atoms with van der Waals surface area (Å²) < 4.78 is 11.2. The van der Waals surface area contributed by atoms with Gasteiger partial charge in [0.1, 0.15) is 0 Å². The van der Waals surface area contributed by atoms with Gasteiger partial charge in [0.05, 0.1) is 5.75 Å². The molecule has 0 saturated heterocycles. The zero-order valence-corrected chi connectivity index (χ0v) is 8.93. The first-order valence-corrected chi connectivity index (χ1v) is 6.19. The first-order valence-electron chi connectivity index (χ1n) is 4.71. The second-order valence-corrected chi connectivity index (χ2v) is 4.73. The summed E-state index contributed by atoms with van der Waals surface area (Å²) in [6.07, 6.45) is 3.13. The molecule has 1 aromatic carbocycles. The van der Waals surface area contributed by atoms with Crippen LogP contribution in [-0.2, 0) is 17.2 Å². The Balaban J connectivity index is 2.22. The molecule has 14 heavy (non-hydrogen) atoms. The van der Waals surface area contributed by atoms with Crippen molar-refractivity contribution >= 4 is 17.0 Å². The third kappa shape index (κ3) is 4.33. The lowest BCUT2D eigenvalue weighted by molar-refractivity contribution is 0.683. The molecule has 0 fully saturated rings. The summed E-state index contributed by atoms with van der Waals surface area (Å²) in [5, 5.41) is 6.81. The van der Waals surface area contributed by atoms with Gasteiger partial charge in [-0.2, -0.15) is 0 Å². The molecular weight excluding hydrogens is 194 g/mol. The molecule has 1 N–H and O–H groups in total. The maximum Gasteiger partial charge on any atom is 0.0582 e. The zero-order valence-electron chi connectivity index (χ0n) is 8.11. The number of hydrogen-bond acceptors (Lipinski definition) is 2. The van der Waals surface area contributed by atoms with Gasteiger partial charge in [-0.15, -0.1) is 0 Å². The van der Waals surface area contributed by atoms with Crippen LogP contribution >= 0.6 is 0 Å². The van der Waals surface area contributed by atoms with E-state index in [1.165, 1.54) is 11.8 Å². The van der Waals surface area contributed by atoms with Crippen LogP contribution in [-0.4, -0.2) is 21.9 Å². The van der Waals surface area contributed by atoms with Crippen LogP contribution in [0.15, 0.2) is 30.3 Å². The summed E-state index contributed by atoms with van der Waals surface area (Å²) in [6, 6.07) is 10.2. The van der Waals surface area contributed by atoms with Crippen molar-refractivity contribution in [1.82, 2.24) is 0 Å². The topological polar surface area (TPSA) is 40.9 Å². The van der Waals surface area contributed by atoms with E-state index in [4.69, 9.17) is 5.41 Å². The highest BCUT2D eigenvalue weighted by Gasteiger charge is 1.97. The molecule has 1 rings (SSSR count). The third-order valence-corrected chi connectivity index (χ3v) is 3.23. The van der Waals surface area contributed by atoms with Crippen LogP contribution < -0.4 is 0 Å². The van der Waals surface area contributed by atoms with Crippen molar-refractivity contribution in [2.75, 3.05) is 11.5 Å². The van der Waals surface area contributed by atoms with E-state index in [1.54, 1.807) is 0 Å². The van der Waals surface area contributed by atoms with E-state index in [2.05, 4.69) is 12.1 Å². The quantitative estimate of drug-likeness (QED) is 0.715. The van der Waals surface area contributed by atoms with E-state index < -0.39 is 10.8 Å². The number of benzene rings is 1. The predicted octanol–water partition coefficient (Wildman–Crippen LogP) is 2.02. The predicted molar refractivity (Wildman–Crippen MR) is 61.4 cm³/mol. The zero-order chi connectivity index (χ0) is 10.2. The Kier molecular flexibility index (Phi) is 5.15. The van der Waals surface area contributed by atoms with Crippen LogP contribution in [0.3, 0.4) is 0 Å². The van der Waals surface area contributed by atoms with Gasteiger partial charge in [0.25, 0.3) is 0 Å².